The van der Waals surface area contributed by atoms with Crippen LogP contribution in [0.25, 0.3) is 10.7 Å². The Morgan fingerprint density at radius 2 is 1.48 bits per heavy atom. The summed E-state index contributed by atoms with van der Waals surface area (Å²) in [6, 6.07) is -7.73. The lowest BCUT2D eigenvalue weighted by molar-refractivity contribution is -0.310. The number of aliphatic hydroxyl groups is 8. The molecule has 0 aliphatic carbocycles. The Hall–Kier alpha value is -7.26. The molecule has 40 heteroatoms. The number of aromatic nitrogens is 6. The van der Waals surface area contributed by atoms with E-state index < -0.39 is 189 Å². The number of carbonyl (C=O) groups excluding carboxylic acids is 8. The average molecular weight is 1410 g/mol. The molecule has 0 radical (unpaired) electrons. The fraction of sp³-hybridized carbons (Fsp3) is 0.625. The molecule has 25 N–H and O–H groups in total. The first kappa shape index (κ1) is 77.7. The highest BCUT2D eigenvalue weighted by Gasteiger charge is 2.53. The first-order chi connectivity index (χ1) is 45.3. The van der Waals surface area contributed by atoms with Crippen LogP contribution in [0.15, 0.2) is 23.3 Å². The summed E-state index contributed by atoms with van der Waals surface area (Å²) in [6.07, 6.45) is -16.6. The molecule has 2 fully saturated rings. The molecular formula is C56H86N17O20S3+. The first-order valence-corrected chi connectivity index (χ1v) is 34.2. The second kappa shape index (κ2) is 35.8. The van der Waals surface area contributed by atoms with Crippen LogP contribution < -0.4 is 60.6 Å². The van der Waals surface area contributed by atoms with Gasteiger partial charge < -0.3 is 125 Å². The molecule has 4 aromatic heterocycles. The number of primary amides is 3. The zero-order valence-corrected chi connectivity index (χ0v) is 55.6. The van der Waals surface area contributed by atoms with E-state index in [4.69, 9.17) is 47.6 Å². The van der Waals surface area contributed by atoms with Crippen molar-refractivity contribution in [2.75, 3.05) is 56.8 Å². The first-order valence-electron chi connectivity index (χ1n) is 30.2. The van der Waals surface area contributed by atoms with E-state index in [-0.39, 0.29) is 64.9 Å². The topological polar surface area (TPSA) is 618 Å². The number of amides is 8. The normalized spacial score (nSPS) is 24.0. The second-order valence-corrected chi connectivity index (χ2v) is 27.5. The van der Waals surface area contributed by atoms with E-state index in [0.717, 1.165) is 24.7 Å². The second-order valence-electron chi connectivity index (χ2n) is 23.3. The highest BCUT2D eigenvalue weighted by atomic mass is 32.2. The number of aliphatic hydroxyl groups excluding tert-OH is 8. The number of ether oxygens (including phenoxy) is 4. The predicted molar refractivity (Wildman–Crippen MR) is 342 cm³/mol. The molecule has 4 aromatic rings. The van der Waals surface area contributed by atoms with Gasteiger partial charge in [-0.05, 0) is 38.1 Å². The SMILES string of the molecule is Cc1c(N)nc(C(CC(N)=O)NCC(N)C(N)=O)nc1C(=O)NC(C(=O)NC(C)C(O)C(C)C(=O)NC(C(=O)NCCc1nc(-c2nc(C(=O)NCCC[S+](C)C)cs2)cs1)C(C)O)C(OC1OC(CO)C(O)C(O)C1CC1OC(CO)C(O)C(OC(N)=O)C1O)c1cnc[nH]1. The van der Waals surface area contributed by atoms with Crippen molar-refractivity contribution in [2.45, 2.75) is 157 Å². The number of nitrogens with one attached hydrogen (secondary N) is 7. The summed E-state index contributed by atoms with van der Waals surface area (Å²) >= 11 is 2.53. The number of nitrogen functional groups attached to an aromatic ring is 1. The number of hydrogen-bond acceptors (Lipinski definition) is 30. The summed E-state index contributed by atoms with van der Waals surface area (Å²) in [4.78, 5) is 131. The van der Waals surface area contributed by atoms with E-state index in [2.05, 4.69) is 74.3 Å². The third-order valence-corrected chi connectivity index (χ3v) is 18.7. The number of thiazole rings is 2. The van der Waals surface area contributed by atoms with Gasteiger partial charge in [0.05, 0.1) is 97.4 Å². The molecule has 6 rings (SSSR count). The molecular weight excluding hydrogens is 1330 g/mol. The molecule has 8 amide bonds. The molecule has 2 saturated heterocycles. The number of hydrogen-bond donors (Lipinski definition) is 20. The highest BCUT2D eigenvalue weighted by Crippen LogP contribution is 2.38. The van der Waals surface area contributed by atoms with Crippen molar-refractivity contribution in [1.29, 1.82) is 0 Å². The maximum Gasteiger partial charge on any atom is 0.404 e. The van der Waals surface area contributed by atoms with Gasteiger partial charge in [0, 0.05) is 61.1 Å². The Kier molecular flexibility index (Phi) is 29.0. The van der Waals surface area contributed by atoms with Crippen molar-refractivity contribution in [3.05, 3.63) is 56.8 Å². The van der Waals surface area contributed by atoms with Gasteiger partial charge in [0.15, 0.2) is 12.4 Å². The zero-order chi connectivity index (χ0) is 71.0. The van der Waals surface area contributed by atoms with Crippen LogP contribution in [0.3, 0.4) is 0 Å². The van der Waals surface area contributed by atoms with Crippen molar-refractivity contribution in [3.8, 4) is 10.7 Å². The fourth-order valence-corrected chi connectivity index (χ4v) is 12.7. The van der Waals surface area contributed by atoms with E-state index in [9.17, 15) is 74.4 Å². The van der Waals surface area contributed by atoms with E-state index >= 15 is 4.79 Å². The molecule has 2 aliphatic heterocycles. The molecule has 0 aromatic carbocycles. The minimum atomic E-state index is -2.12. The largest absolute Gasteiger partial charge is 0.441 e. The van der Waals surface area contributed by atoms with Crippen LogP contribution in [0.2, 0.25) is 0 Å². The monoisotopic (exact) mass is 1410 g/mol. The van der Waals surface area contributed by atoms with Crippen LogP contribution >= 0.6 is 22.7 Å². The molecule has 532 valence electrons. The molecule has 19 atom stereocenters. The molecule has 6 heterocycles. The standard InChI is InChI=1S/C56H85N17O20S3/c1-21-36(70-48(73-46(21)59)27(13-34(58)77)65-14-26(57)47(60)83)52(87)72-38(44(28-15-62-20-66-28)92-55-25(40(79)41(80)32(16-74)91-55)12-31-42(81)45(93-56(61)89)43(82)33(17-75)90-31)53(88)67-23(3)39(78)22(2)49(84)71-37(24(4)76)51(86)64-10-8-35-68-30(19-94-35)54-69-29(18-95-54)50(85)63-9-7-11-96(5)6/h15,18-20,22-27,31-33,37-45,55,65,74-76,78-82H,7-14,16-17,57H2,1-6H3,(H13-,58,59,60,61,62,63,64,66,67,70,71,72,73,77,83,84,85,86,87,88,89)/p+1. The predicted octanol–water partition coefficient (Wildman–Crippen LogP) is -7.04. The summed E-state index contributed by atoms with van der Waals surface area (Å²) in [5, 5.41) is 109. The van der Waals surface area contributed by atoms with Crippen LogP contribution in [0.5, 0.6) is 0 Å². The van der Waals surface area contributed by atoms with E-state index in [1.807, 2.05) is 0 Å². The molecule has 0 bridgehead atoms. The van der Waals surface area contributed by atoms with Crippen LogP contribution in [0, 0.1) is 18.8 Å². The van der Waals surface area contributed by atoms with Gasteiger partial charge in [0.25, 0.3) is 11.8 Å². The van der Waals surface area contributed by atoms with E-state index in [1.165, 1.54) is 50.4 Å². The third kappa shape index (κ3) is 20.6. The van der Waals surface area contributed by atoms with Gasteiger partial charge in [-0.25, -0.2) is 29.7 Å². The van der Waals surface area contributed by atoms with Gasteiger partial charge in [0.2, 0.25) is 29.5 Å². The summed E-state index contributed by atoms with van der Waals surface area (Å²) in [7, 11) is 0.256. The molecule has 19 unspecified atom stereocenters. The summed E-state index contributed by atoms with van der Waals surface area (Å²) < 4.78 is 23.3. The van der Waals surface area contributed by atoms with Gasteiger partial charge in [-0.15, -0.1) is 22.7 Å². The number of H-pyrrole nitrogens is 1. The summed E-state index contributed by atoms with van der Waals surface area (Å²) in [6.45, 7) is 3.39. The quantitative estimate of drug-likeness (QED) is 0.0150. The zero-order valence-electron chi connectivity index (χ0n) is 53.2. The Morgan fingerprint density at radius 1 is 0.792 bits per heavy atom. The van der Waals surface area contributed by atoms with Crippen molar-refractivity contribution in [3.63, 3.8) is 0 Å². The number of nitrogens with zero attached hydrogens (tertiary/aromatic N) is 5. The Morgan fingerprint density at radius 3 is 2.10 bits per heavy atom. The van der Waals surface area contributed by atoms with Crippen LogP contribution in [0.4, 0.5) is 10.6 Å². The summed E-state index contributed by atoms with van der Waals surface area (Å²) in [5.41, 5.74) is 28.3. The number of nitrogens with two attached hydrogens (primary N) is 5. The van der Waals surface area contributed by atoms with Gasteiger partial charge in [-0.3, -0.25) is 33.6 Å². The van der Waals surface area contributed by atoms with E-state index in [0.29, 0.717) is 22.3 Å². The minimum absolute atomic E-state index is 0.00194. The maximum absolute atomic E-state index is 15.2. The van der Waals surface area contributed by atoms with Crippen LogP contribution in [-0.4, -0.2) is 261 Å². The number of aromatic amines is 1. The Labute approximate surface area is 560 Å². The van der Waals surface area contributed by atoms with Crippen molar-refractivity contribution in [1.82, 2.24) is 61.8 Å². The van der Waals surface area contributed by atoms with Crippen molar-refractivity contribution < 1.29 is 98.2 Å². The van der Waals surface area contributed by atoms with Gasteiger partial charge in [-0.1, -0.05) is 6.92 Å². The number of anilines is 1. The highest BCUT2D eigenvalue weighted by molar-refractivity contribution is 7.95. The molecule has 0 saturated carbocycles. The Balaban J connectivity index is 1.26. The van der Waals surface area contributed by atoms with Crippen LogP contribution in [-0.2, 0) is 60.2 Å². The van der Waals surface area contributed by atoms with E-state index in [1.54, 1.807) is 10.8 Å². The van der Waals surface area contributed by atoms with Crippen LogP contribution in [0.1, 0.15) is 95.2 Å². The smallest absolute Gasteiger partial charge is 0.404 e. The lowest BCUT2D eigenvalue weighted by atomic mass is 9.83. The lowest BCUT2D eigenvalue weighted by Crippen LogP contribution is -2.63. The maximum atomic E-state index is 15.2. The fourth-order valence-electron chi connectivity index (χ4n) is 10.3. The Bertz CT molecular complexity index is 3280. The third-order valence-electron chi connectivity index (χ3n) is 15.8. The van der Waals surface area contributed by atoms with Gasteiger partial charge in [-0.2, -0.15) is 0 Å². The number of imidazole rings is 1. The molecule has 2 aliphatic rings. The average Bonchev–Trinajstić information content (AvgIpc) is 0.885. The van der Waals surface area contributed by atoms with Crippen molar-refractivity contribution in [2.24, 2.45) is 34.8 Å². The lowest BCUT2D eigenvalue weighted by Gasteiger charge is -2.47. The summed E-state index contributed by atoms with van der Waals surface area (Å²) in [5.74, 6) is -9.14. The van der Waals surface area contributed by atoms with Gasteiger partial charge >= 0.3 is 6.09 Å². The number of rotatable bonds is 35. The minimum Gasteiger partial charge on any atom is -0.441 e. The van der Waals surface area contributed by atoms with Gasteiger partial charge in [0.1, 0.15) is 88.2 Å². The molecule has 0 spiro atoms. The molecule has 37 nitrogen and oxygen atoms in total. The van der Waals surface area contributed by atoms with Crippen molar-refractivity contribution >= 4 is 86.8 Å². The number of carbonyl (C=O) groups is 8. The molecule has 96 heavy (non-hydrogen) atoms.